The summed E-state index contributed by atoms with van der Waals surface area (Å²) in [5.41, 5.74) is 4.05. The Morgan fingerprint density at radius 2 is 1.79 bits per heavy atom. The SMILES string of the molecule is Cc1cccc(NC(=O)CNC(=O)C[NH+]2CCN(c3cccc(Cl)c3)CC2)c1C. The summed E-state index contributed by atoms with van der Waals surface area (Å²) in [6.07, 6.45) is 0. The Labute approximate surface area is 176 Å². The van der Waals surface area contributed by atoms with Crippen LogP contribution in [0.2, 0.25) is 5.02 Å². The van der Waals surface area contributed by atoms with Crippen LogP contribution in [0, 0.1) is 13.8 Å². The smallest absolute Gasteiger partial charge is 0.275 e. The maximum atomic E-state index is 12.2. The number of hydrogen-bond donors (Lipinski definition) is 3. The van der Waals surface area contributed by atoms with Crippen LogP contribution in [0.3, 0.4) is 0 Å². The molecule has 0 atom stereocenters. The molecule has 3 rings (SSSR count). The van der Waals surface area contributed by atoms with Gasteiger partial charge in [-0.15, -0.1) is 0 Å². The summed E-state index contributed by atoms with van der Waals surface area (Å²) in [6.45, 7) is 7.81. The molecule has 1 aliphatic heterocycles. The number of piperazine rings is 1. The summed E-state index contributed by atoms with van der Waals surface area (Å²) >= 11 is 6.07. The predicted octanol–water partition coefficient (Wildman–Crippen LogP) is 1.42. The van der Waals surface area contributed by atoms with Gasteiger partial charge in [0.15, 0.2) is 6.54 Å². The third-order valence-corrected chi connectivity index (χ3v) is 5.61. The highest BCUT2D eigenvalue weighted by molar-refractivity contribution is 6.30. The Balaban J connectivity index is 1.40. The molecule has 7 heteroatoms. The van der Waals surface area contributed by atoms with Gasteiger partial charge in [0.1, 0.15) is 0 Å². The van der Waals surface area contributed by atoms with E-state index >= 15 is 0 Å². The van der Waals surface area contributed by atoms with Crippen LogP contribution in [0.25, 0.3) is 0 Å². The normalized spacial score (nSPS) is 14.5. The molecule has 29 heavy (non-hydrogen) atoms. The van der Waals surface area contributed by atoms with Crippen molar-refractivity contribution in [2.75, 3.05) is 49.5 Å². The van der Waals surface area contributed by atoms with Gasteiger partial charge in [-0.25, -0.2) is 0 Å². The lowest BCUT2D eigenvalue weighted by molar-refractivity contribution is -0.892. The number of nitrogens with zero attached hydrogens (tertiary/aromatic N) is 1. The van der Waals surface area contributed by atoms with Crippen molar-refractivity contribution in [2.45, 2.75) is 13.8 Å². The highest BCUT2D eigenvalue weighted by atomic mass is 35.5. The van der Waals surface area contributed by atoms with Crippen LogP contribution in [-0.2, 0) is 9.59 Å². The van der Waals surface area contributed by atoms with Crippen molar-refractivity contribution >= 4 is 34.8 Å². The van der Waals surface area contributed by atoms with Gasteiger partial charge < -0.3 is 20.4 Å². The van der Waals surface area contributed by atoms with Crippen molar-refractivity contribution < 1.29 is 14.5 Å². The third kappa shape index (κ3) is 5.95. The van der Waals surface area contributed by atoms with E-state index in [1.54, 1.807) is 0 Å². The van der Waals surface area contributed by atoms with E-state index in [0.717, 1.165) is 53.7 Å². The molecular weight excluding hydrogens is 388 g/mol. The molecule has 0 aromatic heterocycles. The molecule has 154 valence electrons. The van der Waals surface area contributed by atoms with E-state index in [-0.39, 0.29) is 18.4 Å². The highest BCUT2D eigenvalue weighted by Crippen LogP contribution is 2.19. The number of hydrogen-bond acceptors (Lipinski definition) is 3. The van der Waals surface area contributed by atoms with Crippen LogP contribution in [0.5, 0.6) is 0 Å². The average molecular weight is 416 g/mol. The lowest BCUT2D eigenvalue weighted by atomic mass is 10.1. The van der Waals surface area contributed by atoms with E-state index in [1.165, 1.54) is 4.90 Å². The fourth-order valence-electron chi connectivity index (χ4n) is 3.48. The number of rotatable bonds is 6. The minimum absolute atomic E-state index is 0.0197. The maximum Gasteiger partial charge on any atom is 0.275 e. The lowest BCUT2D eigenvalue weighted by Gasteiger charge is -2.33. The van der Waals surface area contributed by atoms with Crippen LogP contribution in [-0.4, -0.2) is 51.1 Å². The molecule has 6 nitrogen and oxygen atoms in total. The number of nitrogens with one attached hydrogen (secondary N) is 3. The Bertz CT molecular complexity index is 879. The van der Waals surface area contributed by atoms with E-state index < -0.39 is 0 Å². The zero-order chi connectivity index (χ0) is 20.8. The molecule has 2 aromatic rings. The van der Waals surface area contributed by atoms with E-state index in [4.69, 9.17) is 11.6 Å². The second-order valence-electron chi connectivity index (χ2n) is 7.47. The molecule has 1 saturated heterocycles. The molecule has 2 aromatic carbocycles. The predicted molar refractivity (Wildman–Crippen MR) is 117 cm³/mol. The van der Waals surface area contributed by atoms with Gasteiger partial charge in [0, 0.05) is 16.4 Å². The Hall–Kier alpha value is -2.57. The van der Waals surface area contributed by atoms with Crippen molar-refractivity contribution in [1.29, 1.82) is 0 Å². The Kier molecular flexibility index (Phi) is 7.12. The minimum atomic E-state index is -0.215. The summed E-state index contributed by atoms with van der Waals surface area (Å²) in [6, 6.07) is 13.6. The van der Waals surface area contributed by atoms with Gasteiger partial charge in [-0.2, -0.15) is 0 Å². The number of anilines is 2. The first-order valence-corrected chi connectivity index (χ1v) is 10.3. The monoisotopic (exact) mass is 415 g/mol. The zero-order valence-corrected chi connectivity index (χ0v) is 17.7. The third-order valence-electron chi connectivity index (χ3n) is 5.38. The molecule has 0 unspecified atom stereocenters. The first-order valence-electron chi connectivity index (χ1n) is 9.89. The van der Waals surface area contributed by atoms with Gasteiger partial charge in [-0.3, -0.25) is 9.59 Å². The second-order valence-corrected chi connectivity index (χ2v) is 7.90. The van der Waals surface area contributed by atoms with Crippen molar-refractivity contribution in [1.82, 2.24) is 5.32 Å². The van der Waals surface area contributed by atoms with Crippen LogP contribution in [0.4, 0.5) is 11.4 Å². The number of quaternary nitrogens is 1. The van der Waals surface area contributed by atoms with Crippen LogP contribution >= 0.6 is 11.6 Å². The number of aryl methyl sites for hydroxylation is 1. The van der Waals surface area contributed by atoms with Crippen molar-refractivity contribution in [3.63, 3.8) is 0 Å². The molecule has 2 amide bonds. The largest absolute Gasteiger partial charge is 0.360 e. The zero-order valence-electron chi connectivity index (χ0n) is 16.9. The van der Waals surface area contributed by atoms with Gasteiger partial charge in [-0.05, 0) is 49.2 Å². The van der Waals surface area contributed by atoms with Crippen molar-refractivity contribution in [3.8, 4) is 0 Å². The minimum Gasteiger partial charge on any atom is -0.360 e. The van der Waals surface area contributed by atoms with Crippen LogP contribution in [0.1, 0.15) is 11.1 Å². The number of benzene rings is 2. The number of carbonyl (C=O) groups excluding carboxylic acids is 2. The summed E-state index contributed by atoms with van der Waals surface area (Å²) < 4.78 is 0. The number of amides is 2. The van der Waals surface area contributed by atoms with Gasteiger partial charge in [0.2, 0.25) is 5.91 Å². The molecule has 3 N–H and O–H groups in total. The van der Waals surface area contributed by atoms with Gasteiger partial charge in [-0.1, -0.05) is 29.8 Å². The van der Waals surface area contributed by atoms with E-state index in [0.29, 0.717) is 6.54 Å². The summed E-state index contributed by atoms with van der Waals surface area (Å²) in [7, 11) is 0. The van der Waals surface area contributed by atoms with Gasteiger partial charge >= 0.3 is 0 Å². The molecule has 0 saturated carbocycles. The fourth-order valence-corrected chi connectivity index (χ4v) is 3.66. The van der Waals surface area contributed by atoms with E-state index in [9.17, 15) is 9.59 Å². The molecule has 1 fully saturated rings. The average Bonchev–Trinajstić information content (AvgIpc) is 2.70. The second kappa shape index (κ2) is 9.76. The van der Waals surface area contributed by atoms with Crippen LogP contribution < -0.4 is 20.4 Å². The quantitative estimate of drug-likeness (QED) is 0.668. The first-order chi connectivity index (χ1) is 13.9. The molecular formula is C22H28ClN4O2+. The van der Waals surface area contributed by atoms with E-state index in [1.807, 2.05) is 50.2 Å². The Morgan fingerprint density at radius 3 is 2.52 bits per heavy atom. The van der Waals surface area contributed by atoms with Gasteiger partial charge in [0.25, 0.3) is 5.91 Å². The fraction of sp³-hybridized carbons (Fsp3) is 0.364. The molecule has 1 heterocycles. The van der Waals surface area contributed by atoms with Crippen molar-refractivity contribution in [3.05, 3.63) is 58.6 Å². The topological polar surface area (TPSA) is 65.9 Å². The molecule has 0 radical (unpaired) electrons. The molecule has 1 aliphatic rings. The molecule has 0 bridgehead atoms. The summed E-state index contributed by atoms with van der Waals surface area (Å²) in [4.78, 5) is 27.9. The van der Waals surface area contributed by atoms with Crippen molar-refractivity contribution in [2.24, 2.45) is 0 Å². The standard InChI is InChI=1S/C22H27ClN4O2/c1-16-5-3-8-20(17(16)2)25-21(28)14-24-22(29)15-26-9-11-27(12-10-26)19-7-4-6-18(23)13-19/h3-8,13H,9-12,14-15H2,1-2H3,(H,24,29)(H,25,28)/p+1. The molecule has 0 spiro atoms. The number of halogens is 1. The first kappa shape index (κ1) is 21.1. The lowest BCUT2D eigenvalue weighted by Crippen LogP contribution is -3.16. The highest BCUT2D eigenvalue weighted by Gasteiger charge is 2.22. The Morgan fingerprint density at radius 1 is 1.07 bits per heavy atom. The summed E-state index contributed by atoms with van der Waals surface area (Å²) in [5, 5.41) is 6.32. The summed E-state index contributed by atoms with van der Waals surface area (Å²) in [5.74, 6) is -0.319. The van der Waals surface area contributed by atoms with Crippen LogP contribution in [0.15, 0.2) is 42.5 Å². The maximum absolute atomic E-state index is 12.2. The van der Waals surface area contributed by atoms with Gasteiger partial charge in [0.05, 0.1) is 32.7 Å². The van der Waals surface area contributed by atoms with E-state index in [2.05, 4.69) is 21.6 Å². The number of carbonyl (C=O) groups is 2. The molecule has 0 aliphatic carbocycles.